The summed E-state index contributed by atoms with van der Waals surface area (Å²) in [7, 11) is 1.38. The lowest BCUT2D eigenvalue weighted by Gasteiger charge is -2.26. The summed E-state index contributed by atoms with van der Waals surface area (Å²) in [6, 6.07) is 17.9. The molecule has 0 bridgehead atoms. The SMILES string of the molecule is CCOC(=O)c1ccc(N2C(=O)C(=O)C(=C(O)c3ccccc3)[C@H]2c2ccc(O)c(OC)c2)cc1. The van der Waals surface area contributed by atoms with Gasteiger partial charge in [0.2, 0.25) is 0 Å². The summed E-state index contributed by atoms with van der Waals surface area (Å²) in [5, 5.41) is 21.2. The Hall–Kier alpha value is -4.59. The Bertz CT molecular complexity index is 1310. The minimum atomic E-state index is -1.02. The van der Waals surface area contributed by atoms with E-state index in [1.54, 1.807) is 43.3 Å². The molecule has 8 heteroatoms. The standard InChI is InChI=1S/C27H23NO7/c1-3-35-27(33)17-9-12-19(13-10-17)28-23(18-11-14-20(29)21(15-18)34-2)22(25(31)26(28)32)24(30)16-7-5-4-6-8-16/h4-15,23,29-30H,3H2,1-2H3/t23-/m1/s1. The number of ether oxygens (including phenoxy) is 2. The molecule has 0 aromatic heterocycles. The molecular formula is C27H23NO7. The topological polar surface area (TPSA) is 113 Å². The van der Waals surface area contributed by atoms with Gasteiger partial charge in [0.05, 0.1) is 30.9 Å². The molecule has 0 aliphatic carbocycles. The molecule has 1 fully saturated rings. The van der Waals surface area contributed by atoms with Gasteiger partial charge in [0.15, 0.2) is 11.5 Å². The van der Waals surface area contributed by atoms with Crippen molar-refractivity contribution < 1.29 is 34.1 Å². The second-order valence-electron chi connectivity index (χ2n) is 7.73. The zero-order valence-corrected chi connectivity index (χ0v) is 19.1. The van der Waals surface area contributed by atoms with Gasteiger partial charge in [0.1, 0.15) is 5.76 Å². The van der Waals surface area contributed by atoms with E-state index >= 15 is 0 Å². The van der Waals surface area contributed by atoms with Crippen LogP contribution in [0.1, 0.15) is 34.5 Å². The van der Waals surface area contributed by atoms with Crippen molar-refractivity contribution in [1.82, 2.24) is 0 Å². The van der Waals surface area contributed by atoms with Gasteiger partial charge in [-0.15, -0.1) is 0 Å². The number of anilines is 1. The van der Waals surface area contributed by atoms with Gasteiger partial charge in [-0.25, -0.2) is 4.79 Å². The molecule has 3 aromatic rings. The van der Waals surface area contributed by atoms with E-state index in [9.17, 15) is 24.6 Å². The number of aromatic hydroxyl groups is 1. The van der Waals surface area contributed by atoms with Crippen molar-refractivity contribution in [2.45, 2.75) is 13.0 Å². The summed E-state index contributed by atoms with van der Waals surface area (Å²) < 4.78 is 10.2. The number of phenols is 1. The molecule has 1 aliphatic rings. The summed E-state index contributed by atoms with van der Waals surface area (Å²) in [6.45, 7) is 1.92. The Morgan fingerprint density at radius 3 is 2.29 bits per heavy atom. The first-order valence-electron chi connectivity index (χ1n) is 10.9. The van der Waals surface area contributed by atoms with Gasteiger partial charge in [-0.1, -0.05) is 36.4 Å². The van der Waals surface area contributed by atoms with Crippen LogP contribution in [-0.4, -0.2) is 41.6 Å². The maximum atomic E-state index is 13.2. The molecule has 1 atom stereocenters. The van der Waals surface area contributed by atoms with E-state index < -0.39 is 23.7 Å². The number of amides is 1. The van der Waals surface area contributed by atoms with E-state index in [1.165, 1.54) is 48.4 Å². The highest BCUT2D eigenvalue weighted by Gasteiger charge is 2.47. The summed E-state index contributed by atoms with van der Waals surface area (Å²) in [5.41, 5.74) is 1.33. The number of hydrogen-bond donors (Lipinski definition) is 2. The number of benzene rings is 3. The third-order valence-corrected chi connectivity index (χ3v) is 5.67. The van der Waals surface area contributed by atoms with Crippen molar-refractivity contribution in [1.29, 1.82) is 0 Å². The number of methoxy groups -OCH3 is 1. The van der Waals surface area contributed by atoms with Crippen LogP contribution in [0.5, 0.6) is 11.5 Å². The summed E-state index contributed by atoms with van der Waals surface area (Å²) in [4.78, 5) is 39.7. The highest BCUT2D eigenvalue weighted by molar-refractivity contribution is 6.51. The van der Waals surface area contributed by atoms with E-state index in [0.29, 0.717) is 22.4 Å². The highest BCUT2D eigenvalue weighted by atomic mass is 16.5. The molecule has 8 nitrogen and oxygen atoms in total. The number of phenolic OH excluding ortho intramolecular Hbond substituents is 1. The molecule has 1 aliphatic heterocycles. The van der Waals surface area contributed by atoms with Crippen LogP contribution in [0.2, 0.25) is 0 Å². The molecule has 3 aromatic carbocycles. The van der Waals surface area contributed by atoms with Crippen molar-refractivity contribution in [3.05, 3.63) is 95.1 Å². The van der Waals surface area contributed by atoms with E-state index in [-0.39, 0.29) is 29.4 Å². The molecule has 1 heterocycles. The number of aliphatic hydroxyl groups excluding tert-OH is 1. The fourth-order valence-corrected chi connectivity index (χ4v) is 4.00. The monoisotopic (exact) mass is 473 g/mol. The van der Waals surface area contributed by atoms with Crippen molar-refractivity contribution in [2.75, 3.05) is 18.6 Å². The first-order chi connectivity index (χ1) is 16.9. The van der Waals surface area contributed by atoms with Gasteiger partial charge in [0, 0.05) is 11.3 Å². The predicted octanol–water partition coefficient (Wildman–Crippen LogP) is 4.20. The Kier molecular flexibility index (Phi) is 6.55. The summed E-state index contributed by atoms with van der Waals surface area (Å²) >= 11 is 0. The molecular weight excluding hydrogens is 450 g/mol. The lowest BCUT2D eigenvalue weighted by Crippen LogP contribution is -2.29. The largest absolute Gasteiger partial charge is 0.507 e. The fourth-order valence-electron chi connectivity index (χ4n) is 4.00. The zero-order valence-electron chi connectivity index (χ0n) is 19.1. The highest BCUT2D eigenvalue weighted by Crippen LogP contribution is 2.44. The summed E-state index contributed by atoms with van der Waals surface area (Å²) in [6.07, 6.45) is 0. The fraction of sp³-hybridized carbons (Fsp3) is 0.148. The van der Waals surface area contributed by atoms with Gasteiger partial charge < -0.3 is 19.7 Å². The van der Waals surface area contributed by atoms with E-state index in [4.69, 9.17) is 9.47 Å². The number of Topliss-reactive ketones (excluding diaryl/α,β-unsaturated/α-hetero) is 1. The Balaban J connectivity index is 1.89. The number of carbonyl (C=O) groups is 3. The van der Waals surface area contributed by atoms with Crippen molar-refractivity contribution in [2.24, 2.45) is 0 Å². The van der Waals surface area contributed by atoms with Gasteiger partial charge in [-0.05, 0) is 48.9 Å². The van der Waals surface area contributed by atoms with Crippen LogP contribution in [0.4, 0.5) is 5.69 Å². The number of hydrogen-bond acceptors (Lipinski definition) is 7. The number of ketones is 1. The van der Waals surface area contributed by atoms with E-state index in [0.717, 1.165) is 0 Å². The number of aliphatic hydroxyl groups is 1. The van der Waals surface area contributed by atoms with Crippen molar-refractivity contribution in [3.63, 3.8) is 0 Å². The van der Waals surface area contributed by atoms with Crippen molar-refractivity contribution >= 4 is 29.1 Å². The van der Waals surface area contributed by atoms with Crippen LogP contribution >= 0.6 is 0 Å². The second kappa shape index (κ2) is 9.72. The number of nitrogens with zero attached hydrogens (tertiary/aromatic N) is 1. The smallest absolute Gasteiger partial charge is 0.338 e. The summed E-state index contributed by atoms with van der Waals surface area (Å²) in [5.74, 6) is -2.52. The number of rotatable bonds is 6. The van der Waals surface area contributed by atoms with Crippen LogP contribution in [-0.2, 0) is 14.3 Å². The Labute approximate surface area is 201 Å². The maximum Gasteiger partial charge on any atom is 0.338 e. The molecule has 178 valence electrons. The molecule has 1 saturated heterocycles. The van der Waals surface area contributed by atoms with E-state index in [2.05, 4.69) is 0 Å². The number of esters is 1. The molecule has 0 radical (unpaired) electrons. The lowest BCUT2D eigenvalue weighted by molar-refractivity contribution is -0.132. The second-order valence-corrected chi connectivity index (χ2v) is 7.73. The molecule has 35 heavy (non-hydrogen) atoms. The van der Waals surface area contributed by atoms with Crippen molar-refractivity contribution in [3.8, 4) is 11.5 Å². The first kappa shape index (κ1) is 23.6. The van der Waals surface area contributed by atoms with Gasteiger partial charge in [-0.3, -0.25) is 14.5 Å². The van der Waals surface area contributed by atoms with Crippen LogP contribution < -0.4 is 9.64 Å². The minimum absolute atomic E-state index is 0.108. The molecule has 0 spiro atoms. The Morgan fingerprint density at radius 2 is 1.66 bits per heavy atom. The van der Waals surface area contributed by atoms with Gasteiger partial charge >= 0.3 is 5.97 Å². The predicted molar refractivity (Wildman–Crippen MR) is 128 cm³/mol. The normalized spacial score (nSPS) is 16.9. The quantitative estimate of drug-likeness (QED) is 0.239. The molecule has 1 amide bonds. The van der Waals surface area contributed by atoms with Crippen LogP contribution in [0.25, 0.3) is 5.76 Å². The number of carbonyl (C=O) groups excluding carboxylic acids is 3. The van der Waals surface area contributed by atoms with Crippen LogP contribution in [0, 0.1) is 0 Å². The average Bonchev–Trinajstić information content (AvgIpc) is 3.15. The third-order valence-electron chi connectivity index (χ3n) is 5.67. The zero-order chi connectivity index (χ0) is 25.1. The van der Waals surface area contributed by atoms with Gasteiger partial charge in [0.25, 0.3) is 11.7 Å². The molecule has 4 rings (SSSR count). The third kappa shape index (κ3) is 4.33. The Morgan fingerprint density at radius 1 is 0.971 bits per heavy atom. The van der Waals surface area contributed by atoms with Crippen LogP contribution in [0.3, 0.4) is 0 Å². The maximum absolute atomic E-state index is 13.2. The molecule has 0 unspecified atom stereocenters. The molecule has 2 N–H and O–H groups in total. The van der Waals surface area contributed by atoms with E-state index in [1.807, 2.05) is 0 Å². The lowest BCUT2D eigenvalue weighted by atomic mass is 9.94. The molecule has 0 saturated carbocycles. The average molecular weight is 473 g/mol. The van der Waals surface area contributed by atoms with Crippen LogP contribution in [0.15, 0.2) is 78.4 Å². The minimum Gasteiger partial charge on any atom is -0.507 e. The van der Waals surface area contributed by atoms with Gasteiger partial charge in [-0.2, -0.15) is 0 Å². The first-order valence-corrected chi connectivity index (χ1v) is 10.9.